The molecule has 1 heterocycles. The second-order valence-electron chi connectivity index (χ2n) is 6.95. The molecular weight excluding hydrogens is 284 g/mol. The SMILES string of the molecule is CC(C)Oc1cccc2c1nc(CCl)n2CC1CC1(C)C. The molecule has 21 heavy (non-hydrogen) atoms. The molecule has 1 aromatic carbocycles. The molecule has 0 N–H and O–H groups in total. The molecule has 0 aliphatic heterocycles. The van der Waals surface area contributed by atoms with Crippen molar-refractivity contribution < 1.29 is 4.74 Å². The molecule has 1 aliphatic carbocycles. The van der Waals surface area contributed by atoms with Gasteiger partial charge >= 0.3 is 0 Å². The Labute approximate surface area is 131 Å². The predicted octanol–water partition coefficient (Wildman–Crippen LogP) is 4.61. The highest BCUT2D eigenvalue weighted by atomic mass is 35.5. The molecule has 3 rings (SSSR count). The van der Waals surface area contributed by atoms with Gasteiger partial charge in [0.25, 0.3) is 0 Å². The molecule has 1 saturated carbocycles. The summed E-state index contributed by atoms with van der Waals surface area (Å²) in [6, 6.07) is 6.13. The Bertz CT molecular complexity index is 660. The number of rotatable bonds is 5. The highest BCUT2D eigenvalue weighted by Gasteiger charge is 2.45. The number of halogens is 1. The van der Waals surface area contributed by atoms with Gasteiger partial charge in [-0.15, -0.1) is 11.6 Å². The van der Waals surface area contributed by atoms with E-state index in [0.29, 0.717) is 17.2 Å². The van der Waals surface area contributed by atoms with Crippen molar-refractivity contribution in [2.24, 2.45) is 11.3 Å². The van der Waals surface area contributed by atoms with Crippen LogP contribution in [-0.2, 0) is 12.4 Å². The van der Waals surface area contributed by atoms with E-state index < -0.39 is 0 Å². The van der Waals surface area contributed by atoms with Gasteiger partial charge in [-0.25, -0.2) is 4.98 Å². The number of ether oxygens (including phenoxy) is 1. The van der Waals surface area contributed by atoms with Gasteiger partial charge in [0.1, 0.15) is 17.1 Å². The average Bonchev–Trinajstić information content (AvgIpc) is 2.85. The third-order valence-corrected chi connectivity index (χ3v) is 4.66. The molecule has 1 aromatic heterocycles. The Hall–Kier alpha value is -1.22. The highest BCUT2D eigenvalue weighted by molar-refractivity contribution is 6.16. The van der Waals surface area contributed by atoms with Crippen LogP contribution in [0.3, 0.4) is 0 Å². The van der Waals surface area contributed by atoms with Crippen LogP contribution >= 0.6 is 11.6 Å². The number of nitrogens with zero attached hydrogens (tertiary/aromatic N) is 2. The maximum Gasteiger partial charge on any atom is 0.147 e. The smallest absolute Gasteiger partial charge is 0.147 e. The summed E-state index contributed by atoms with van der Waals surface area (Å²) in [4.78, 5) is 4.72. The fraction of sp³-hybridized carbons (Fsp3) is 0.588. The third kappa shape index (κ3) is 2.76. The van der Waals surface area contributed by atoms with Crippen molar-refractivity contribution in [2.45, 2.75) is 52.6 Å². The molecule has 1 atom stereocenters. The van der Waals surface area contributed by atoms with Gasteiger partial charge in [-0.1, -0.05) is 19.9 Å². The van der Waals surface area contributed by atoms with Crippen LogP contribution in [-0.4, -0.2) is 15.7 Å². The summed E-state index contributed by atoms with van der Waals surface area (Å²) in [6.45, 7) is 9.71. The van der Waals surface area contributed by atoms with E-state index in [1.165, 1.54) is 6.42 Å². The lowest BCUT2D eigenvalue weighted by atomic mass is 10.1. The molecule has 1 fully saturated rings. The van der Waals surface area contributed by atoms with Crippen LogP contribution in [0.5, 0.6) is 5.75 Å². The number of alkyl halides is 1. The van der Waals surface area contributed by atoms with E-state index in [0.717, 1.165) is 29.2 Å². The number of benzene rings is 1. The van der Waals surface area contributed by atoms with Gasteiger partial charge < -0.3 is 9.30 Å². The first-order valence-corrected chi connectivity index (χ1v) is 8.16. The first-order valence-electron chi connectivity index (χ1n) is 7.63. The van der Waals surface area contributed by atoms with Gasteiger partial charge in [0.2, 0.25) is 0 Å². The van der Waals surface area contributed by atoms with E-state index in [4.69, 9.17) is 21.3 Å². The Balaban J connectivity index is 2.02. The second kappa shape index (κ2) is 5.20. The summed E-state index contributed by atoms with van der Waals surface area (Å²) < 4.78 is 8.16. The topological polar surface area (TPSA) is 27.1 Å². The second-order valence-corrected chi connectivity index (χ2v) is 7.22. The Morgan fingerprint density at radius 2 is 2.14 bits per heavy atom. The van der Waals surface area contributed by atoms with Gasteiger partial charge in [-0.3, -0.25) is 0 Å². The molecule has 1 aliphatic rings. The minimum Gasteiger partial charge on any atom is -0.489 e. The van der Waals surface area contributed by atoms with Crippen LogP contribution in [0.1, 0.15) is 39.9 Å². The van der Waals surface area contributed by atoms with Gasteiger partial charge in [0, 0.05) is 6.54 Å². The molecule has 114 valence electrons. The predicted molar refractivity (Wildman–Crippen MR) is 86.9 cm³/mol. The van der Waals surface area contributed by atoms with Gasteiger partial charge in [0.05, 0.1) is 17.5 Å². The van der Waals surface area contributed by atoms with Crippen molar-refractivity contribution in [3.05, 3.63) is 24.0 Å². The lowest BCUT2D eigenvalue weighted by molar-refractivity contribution is 0.245. The van der Waals surface area contributed by atoms with Crippen molar-refractivity contribution in [2.75, 3.05) is 0 Å². The number of fused-ring (bicyclic) bond motifs is 1. The Kier molecular flexibility index (Phi) is 3.64. The number of hydrogen-bond donors (Lipinski definition) is 0. The lowest BCUT2D eigenvalue weighted by Crippen LogP contribution is -2.07. The number of aromatic nitrogens is 2. The molecule has 0 radical (unpaired) electrons. The number of imidazole rings is 1. The van der Waals surface area contributed by atoms with Crippen molar-refractivity contribution in [3.8, 4) is 5.75 Å². The summed E-state index contributed by atoms with van der Waals surface area (Å²) in [5.74, 6) is 2.94. The van der Waals surface area contributed by atoms with Crippen LogP contribution in [0.15, 0.2) is 18.2 Å². The summed E-state index contributed by atoms with van der Waals surface area (Å²) in [6.07, 6.45) is 1.42. The van der Waals surface area contributed by atoms with E-state index in [1.807, 2.05) is 26.0 Å². The Morgan fingerprint density at radius 1 is 1.43 bits per heavy atom. The van der Waals surface area contributed by atoms with Crippen LogP contribution in [0.2, 0.25) is 0 Å². The van der Waals surface area contributed by atoms with Crippen LogP contribution < -0.4 is 4.74 Å². The van der Waals surface area contributed by atoms with Gasteiger partial charge in [0.15, 0.2) is 0 Å². The average molecular weight is 307 g/mol. The third-order valence-electron chi connectivity index (χ3n) is 4.42. The van der Waals surface area contributed by atoms with Crippen molar-refractivity contribution in [1.82, 2.24) is 9.55 Å². The zero-order valence-electron chi connectivity index (χ0n) is 13.2. The molecule has 3 nitrogen and oxygen atoms in total. The maximum absolute atomic E-state index is 6.11. The zero-order chi connectivity index (χ0) is 15.2. The number of para-hydroxylation sites is 1. The summed E-state index contributed by atoms with van der Waals surface area (Å²) in [5.41, 5.74) is 2.51. The Morgan fingerprint density at radius 3 is 2.71 bits per heavy atom. The summed E-state index contributed by atoms with van der Waals surface area (Å²) in [7, 11) is 0. The monoisotopic (exact) mass is 306 g/mol. The minimum absolute atomic E-state index is 0.141. The number of hydrogen-bond acceptors (Lipinski definition) is 2. The first kappa shape index (κ1) is 14.7. The molecule has 0 amide bonds. The van der Waals surface area contributed by atoms with Gasteiger partial charge in [-0.05, 0) is 43.7 Å². The summed E-state index contributed by atoms with van der Waals surface area (Å²) in [5, 5.41) is 0. The van der Waals surface area contributed by atoms with E-state index in [-0.39, 0.29) is 6.10 Å². The molecule has 0 saturated heterocycles. The van der Waals surface area contributed by atoms with Crippen molar-refractivity contribution >= 4 is 22.6 Å². The highest BCUT2D eigenvalue weighted by Crippen LogP contribution is 2.52. The van der Waals surface area contributed by atoms with E-state index in [9.17, 15) is 0 Å². The van der Waals surface area contributed by atoms with E-state index >= 15 is 0 Å². The van der Waals surface area contributed by atoms with E-state index in [1.54, 1.807) is 0 Å². The van der Waals surface area contributed by atoms with Crippen molar-refractivity contribution in [1.29, 1.82) is 0 Å². The molecule has 0 spiro atoms. The summed E-state index contributed by atoms with van der Waals surface area (Å²) >= 11 is 6.11. The zero-order valence-corrected chi connectivity index (χ0v) is 13.9. The quantitative estimate of drug-likeness (QED) is 0.754. The molecule has 1 unspecified atom stereocenters. The fourth-order valence-electron chi connectivity index (χ4n) is 2.93. The van der Waals surface area contributed by atoms with Crippen LogP contribution in [0, 0.1) is 11.3 Å². The van der Waals surface area contributed by atoms with Gasteiger partial charge in [-0.2, -0.15) is 0 Å². The molecule has 0 bridgehead atoms. The maximum atomic E-state index is 6.11. The van der Waals surface area contributed by atoms with Crippen LogP contribution in [0.4, 0.5) is 0 Å². The van der Waals surface area contributed by atoms with Crippen LogP contribution in [0.25, 0.3) is 11.0 Å². The first-order chi connectivity index (χ1) is 9.92. The lowest BCUT2D eigenvalue weighted by Gasteiger charge is -2.11. The van der Waals surface area contributed by atoms with Crippen molar-refractivity contribution in [3.63, 3.8) is 0 Å². The standard InChI is InChI=1S/C17H23ClN2O/c1-11(2)21-14-7-5-6-13-16(14)19-15(9-18)20(13)10-12-8-17(12,3)4/h5-7,11-12H,8-10H2,1-4H3. The molecular formula is C17H23ClN2O. The fourth-order valence-corrected chi connectivity index (χ4v) is 3.14. The minimum atomic E-state index is 0.141. The largest absolute Gasteiger partial charge is 0.489 e. The molecule has 4 heteroatoms. The normalized spacial score (nSPS) is 20.2. The van der Waals surface area contributed by atoms with E-state index in [2.05, 4.69) is 24.5 Å². The molecule has 2 aromatic rings.